The summed E-state index contributed by atoms with van der Waals surface area (Å²) in [7, 11) is 1.39. The lowest BCUT2D eigenvalue weighted by Gasteiger charge is -2.28. The lowest BCUT2D eigenvalue weighted by molar-refractivity contribution is -0.164. The molecule has 0 amide bonds. The Morgan fingerprint density at radius 1 is 1.16 bits per heavy atom. The molecule has 0 bridgehead atoms. The molecule has 3 rings (SSSR count). The lowest BCUT2D eigenvalue weighted by atomic mass is 9.91. The van der Waals surface area contributed by atoms with Gasteiger partial charge in [-0.2, -0.15) is 0 Å². The second-order valence-corrected chi connectivity index (χ2v) is 9.62. The Hall–Kier alpha value is -2.37. The van der Waals surface area contributed by atoms with Gasteiger partial charge < -0.3 is 14.0 Å². The van der Waals surface area contributed by atoms with Crippen LogP contribution in [0.5, 0.6) is 0 Å². The largest absolute Gasteiger partial charge is 0.467 e. The van der Waals surface area contributed by atoms with Crippen molar-refractivity contribution >= 4 is 28.6 Å². The van der Waals surface area contributed by atoms with Crippen molar-refractivity contribution in [2.24, 2.45) is 0 Å². The highest BCUT2D eigenvalue weighted by molar-refractivity contribution is 6.30. The van der Waals surface area contributed by atoms with Gasteiger partial charge in [0.15, 0.2) is 6.10 Å². The Labute approximate surface area is 195 Å². The highest BCUT2D eigenvalue weighted by Gasteiger charge is 2.34. The van der Waals surface area contributed by atoms with Crippen molar-refractivity contribution in [2.45, 2.75) is 73.1 Å². The molecule has 2 aromatic heterocycles. The number of carbonyl (C=O) groups excluding carboxylic acids is 1. The molecule has 1 unspecified atom stereocenters. The molecule has 0 aliphatic carbocycles. The molecule has 0 fully saturated rings. The van der Waals surface area contributed by atoms with Gasteiger partial charge in [-0.25, -0.2) is 9.78 Å². The van der Waals surface area contributed by atoms with Gasteiger partial charge in [-0.1, -0.05) is 30.7 Å². The Morgan fingerprint density at radius 2 is 1.78 bits per heavy atom. The SMILES string of the molecule is CCCn1c(C)c(C)c2c(-c3ccc(Cl)cc3)c(C(OC(C)(C)C)C(=O)OC)c(C)nc21. The first kappa shape index (κ1) is 24.3. The molecule has 0 saturated heterocycles. The molecule has 0 aliphatic rings. The average molecular weight is 457 g/mol. The second kappa shape index (κ2) is 9.24. The number of pyridine rings is 1. The number of rotatable bonds is 6. The van der Waals surface area contributed by atoms with Crippen LogP contribution in [0, 0.1) is 20.8 Å². The number of hydrogen-bond acceptors (Lipinski definition) is 4. The number of aromatic nitrogens is 2. The first-order valence-corrected chi connectivity index (χ1v) is 11.4. The minimum absolute atomic E-state index is 0.443. The van der Waals surface area contributed by atoms with Crippen molar-refractivity contribution < 1.29 is 14.3 Å². The van der Waals surface area contributed by atoms with Crippen molar-refractivity contribution in [3.8, 4) is 11.1 Å². The second-order valence-electron chi connectivity index (χ2n) is 9.19. The summed E-state index contributed by atoms with van der Waals surface area (Å²) in [6, 6.07) is 7.70. The lowest BCUT2D eigenvalue weighted by Crippen LogP contribution is -2.29. The maximum Gasteiger partial charge on any atom is 0.339 e. The molecule has 0 radical (unpaired) electrons. The van der Waals surface area contributed by atoms with Gasteiger partial charge in [0.05, 0.1) is 12.7 Å². The smallest absolute Gasteiger partial charge is 0.339 e. The summed E-state index contributed by atoms with van der Waals surface area (Å²) in [5, 5.41) is 1.69. The molecule has 3 aromatic rings. The Balaban J connectivity index is 2.48. The maximum absolute atomic E-state index is 13.0. The Morgan fingerprint density at radius 3 is 2.31 bits per heavy atom. The van der Waals surface area contributed by atoms with Gasteiger partial charge in [0.2, 0.25) is 0 Å². The number of carbonyl (C=O) groups is 1. The molecule has 0 saturated carbocycles. The number of esters is 1. The maximum atomic E-state index is 13.0. The highest BCUT2D eigenvalue weighted by Crippen LogP contribution is 2.42. The monoisotopic (exact) mass is 456 g/mol. The van der Waals surface area contributed by atoms with Gasteiger partial charge >= 0.3 is 5.97 Å². The fourth-order valence-corrected chi connectivity index (χ4v) is 4.34. The molecule has 0 N–H and O–H groups in total. The van der Waals surface area contributed by atoms with Crippen LogP contribution in [0.25, 0.3) is 22.2 Å². The predicted molar refractivity (Wildman–Crippen MR) is 130 cm³/mol. The number of benzene rings is 1. The predicted octanol–water partition coefficient (Wildman–Crippen LogP) is 6.72. The fraction of sp³-hybridized carbons (Fsp3) is 0.462. The summed E-state index contributed by atoms with van der Waals surface area (Å²) in [5.41, 5.74) is 6.07. The molecule has 1 aromatic carbocycles. The van der Waals surface area contributed by atoms with Crippen molar-refractivity contribution in [1.82, 2.24) is 9.55 Å². The quantitative estimate of drug-likeness (QED) is 0.386. The minimum atomic E-state index is -0.906. The van der Waals surface area contributed by atoms with Gasteiger partial charge in [-0.05, 0) is 71.2 Å². The summed E-state index contributed by atoms with van der Waals surface area (Å²) < 4.78 is 13.7. The van der Waals surface area contributed by atoms with E-state index in [0.29, 0.717) is 5.02 Å². The minimum Gasteiger partial charge on any atom is -0.467 e. The zero-order valence-electron chi connectivity index (χ0n) is 20.3. The van der Waals surface area contributed by atoms with E-state index >= 15 is 0 Å². The van der Waals surface area contributed by atoms with Crippen LogP contribution in [-0.4, -0.2) is 28.2 Å². The Bertz CT molecular complexity index is 1140. The number of hydrogen-bond donors (Lipinski definition) is 0. The molecular weight excluding hydrogens is 424 g/mol. The molecular formula is C26H33ClN2O3. The molecule has 6 heteroatoms. The van der Waals surface area contributed by atoms with E-state index < -0.39 is 17.7 Å². The summed E-state index contributed by atoms with van der Waals surface area (Å²) in [6.07, 6.45) is 0.0950. The molecule has 32 heavy (non-hydrogen) atoms. The van der Waals surface area contributed by atoms with E-state index in [1.807, 2.05) is 52.0 Å². The van der Waals surface area contributed by atoms with Crippen molar-refractivity contribution in [3.63, 3.8) is 0 Å². The Kier molecular flexibility index (Phi) is 7.01. The number of methoxy groups -OCH3 is 1. The van der Waals surface area contributed by atoms with Crippen molar-refractivity contribution in [1.29, 1.82) is 0 Å². The van der Waals surface area contributed by atoms with Crippen molar-refractivity contribution in [2.75, 3.05) is 7.11 Å². The van der Waals surface area contributed by atoms with E-state index in [4.69, 9.17) is 26.1 Å². The summed E-state index contributed by atoms with van der Waals surface area (Å²) in [4.78, 5) is 18.0. The van der Waals surface area contributed by atoms with Crippen LogP contribution < -0.4 is 0 Å². The average Bonchev–Trinajstić information content (AvgIpc) is 2.95. The van der Waals surface area contributed by atoms with E-state index in [-0.39, 0.29) is 0 Å². The van der Waals surface area contributed by atoms with Crippen LogP contribution in [0.1, 0.15) is 62.7 Å². The van der Waals surface area contributed by atoms with Gasteiger partial charge in [0.1, 0.15) is 5.65 Å². The fourth-order valence-electron chi connectivity index (χ4n) is 4.21. The molecule has 0 aliphatic heterocycles. The van der Waals surface area contributed by atoms with Crippen LogP contribution in [0.2, 0.25) is 5.02 Å². The number of halogens is 1. The van der Waals surface area contributed by atoms with E-state index in [0.717, 1.165) is 51.9 Å². The summed E-state index contributed by atoms with van der Waals surface area (Å²) in [6.45, 7) is 15.0. The first-order chi connectivity index (χ1) is 15.0. The van der Waals surface area contributed by atoms with Gasteiger partial charge in [-0.15, -0.1) is 0 Å². The van der Waals surface area contributed by atoms with E-state index in [2.05, 4.69) is 25.3 Å². The highest BCUT2D eigenvalue weighted by atomic mass is 35.5. The van der Waals surface area contributed by atoms with Crippen LogP contribution >= 0.6 is 11.6 Å². The van der Waals surface area contributed by atoms with Gasteiger partial charge in [-0.3, -0.25) is 0 Å². The standard InChI is InChI=1S/C26H33ClN2O3/c1-9-14-29-17(4)15(2)20-22(18-10-12-19(27)13-11-18)21(16(3)28-24(20)29)23(25(30)31-8)32-26(5,6)7/h10-13,23H,9,14H2,1-8H3. The summed E-state index contributed by atoms with van der Waals surface area (Å²) >= 11 is 6.20. The zero-order chi connectivity index (χ0) is 23.8. The van der Waals surface area contributed by atoms with E-state index in [1.54, 1.807) is 0 Å². The molecule has 1 atom stereocenters. The van der Waals surface area contributed by atoms with Crippen LogP contribution in [0.15, 0.2) is 24.3 Å². The molecule has 0 spiro atoms. The van der Waals surface area contributed by atoms with Crippen molar-refractivity contribution in [3.05, 3.63) is 51.8 Å². The van der Waals surface area contributed by atoms with Gasteiger partial charge in [0, 0.05) is 39.5 Å². The van der Waals surface area contributed by atoms with Crippen LogP contribution in [0.4, 0.5) is 0 Å². The number of aryl methyl sites for hydroxylation is 3. The van der Waals surface area contributed by atoms with E-state index in [1.165, 1.54) is 12.8 Å². The van der Waals surface area contributed by atoms with Crippen LogP contribution in [0.3, 0.4) is 0 Å². The van der Waals surface area contributed by atoms with Crippen LogP contribution in [-0.2, 0) is 20.8 Å². The topological polar surface area (TPSA) is 53.4 Å². The number of ether oxygens (including phenoxy) is 2. The normalized spacial score (nSPS) is 12.9. The van der Waals surface area contributed by atoms with E-state index in [9.17, 15) is 4.79 Å². The number of nitrogens with zero attached hydrogens (tertiary/aromatic N) is 2. The third kappa shape index (κ3) is 4.55. The summed E-state index contributed by atoms with van der Waals surface area (Å²) in [5.74, 6) is -0.443. The molecule has 5 nitrogen and oxygen atoms in total. The number of fused-ring (bicyclic) bond motifs is 1. The van der Waals surface area contributed by atoms with Gasteiger partial charge in [0.25, 0.3) is 0 Å². The molecule has 2 heterocycles. The zero-order valence-corrected chi connectivity index (χ0v) is 21.1. The first-order valence-electron chi connectivity index (χ1n) is 11.0. The third-order valence-electron chi connectivity index (χ3n) is 5.71. The third-order valence-corrected chi connectivity index (χ3v) is 5.97. The molecule has 172 valence electrons.